The van der Waals surface area contributed by atoms with E-state index < -0.39 is 10.0 Å². The second-order valence-electron chi connectivity index (χ2n) is 4.02. The summed E-state index contributed by atoms with van der Waals surface area (Å²) in [5.74, 6) is 0.694. The summed E-state index contributed by atoms with van der Waals surface area (Å²) >= 11 is 0. The van der Waals surface area contributed by atoms with Gasteiger partial charge in [0.15, 0.2) is 5.03 Å². The maximum absolute atomic E-state index is 12.2. The van der Waals surface area contributed by atoms with E-state index in [2.05, 4.69) is 4.98 Å². The van der Waals surface area contributed by atoms with E-state index in [-0.39, 0.29) is 17.6 Å². The second kappa shape index (κ2) is 5.16. The predicted octanol–water partition coefficient (Wildman–Crippen LogP) is 0.179. The molecule has 2 N–H and O–H groups in total. The lowest BCUT2D eigenvalue weighted by molar-refractivity contribution is 0.393. The van der Waals surface area contributed by atoms with Gasteiger partial charge in [-0.15, -0.1) is 0 Å². The minimum Gasteiger partial charge on any atom is -0.334 e. The van der Waals surface area contributed by atoms with Crippen molar-refractivity contribution in [3.05, 3.63) is 12.0 Å². The lowest BCUT2D eigenvalue weighted by atomic mass is 10.4. The summed E-state index contributed by atoms with van der Waals surface area (Å²) in [5, 5.41) is 0.0830. The van der Waals surface area contributed by atoms with Crippen LogP contribution >= 0.6 is 0 Å². The van der Waals surface area contributed by atoms with Crippen molar-refractivity contribution in [2.24, 2.45) is 5.73 Å². The topological polar surface area (TPSA) is 81.2 Å². The Morgan fingerprint density at radius 3 is 2.59 bits per heavy atom. The molecule has 1 heterocycles. The molecular formula is C10H20N4O2S. The van der Waals surface area contributed by atoms with Gasteiger partial charge in [-0.2, -0.15) is 4.31 Å². The van der Waals surface area contributed by atoms with E-state index in [9.17, 15) is 8.42 Å². The Morgan fingerprint density at radius 1 is 1.59 bits per heavy atom. The summed E-state index contributed by atoms with van der Waals surface area (Å²) in [6, 6.07) is -0.243. The summed E-state index contributed by atoms with van der Waals surface area (Å²) in [6.07, 6.45) is 1.56. The number of nitrogens with two attached hydrogens (primary N) is 1. The Balaban J connectivity index is 3.13. The molecule has 0 radical (unpaired) electrons. The van der Waals surface area contributed by atoms with Crippen molar-refractivity contribution in [1.29, 1.82) is 0 Å². The van der Waals surface area contributed by atoms with Gasteiger partial charge in [0.25, 0.3) is 10.0 Å². The molecule has 1 atom stereocenters. The van der Waals surface area contributed by atoms with Crippen LogP contribution in [0.3, 0.4) is 0 Å². The number of rotatable bonds is 5. The van der Waals surface area contributed by atoms with Crippen LogP contribution in [0.15, 0.2) is 11.2 Å². The second-order valence-corrected chi connectivity index (χ2v) is 5.96. The monoisotopic (exact) mass is 260 g/mol. The van der Waals surface area contributed by atoms with Crippen LogP contribution < -0.4 is 5.73 Å². The third kappa shape index (κ3) is 2.67. The first-order valence-electron chi connectivity index (χ1n) is 5.56. The lowest BCUT2D eigenvalue weighted by Gasteiger charge is -2.21. The molecular weight excluding hydrogens is 240 g/mol. The van der Waals surface area contributed by atoms with E-state index in [1.807, 2.05) is 6.92 Å². The first-order valence-corrected chi connectivity index (χ1v) is 7.00. The van der Waals surface area contributed by atoms with Gasteiger partial charge in [-0.3, -0.25) is 0 Å². The standard InChI is InChI=1S/C10H20N4O2S/c1-5-14-7-10(12-9(14)3)17(15,16)13(4)8(2)6-11/h7-8H,5-6,11H2,1-4H3. The average molecular weight is 260 g/mol. The summed E-state index contributed by atoms with van der Waals surface area (Å²) in [4.78, 5) is 4.08. The quantitative estimate of drug-likeness (QED) is 0.819. The number of hydrogen-bond donors (Lipinski definition) is 1. The molecule has 0 saturated carbocycles. The van der Waals surface area contributed by atoms with Gasteiger partial charge in [-0.1, -0.05) is 0 Å². The largest absolute Gasteiger partial charge is 0.334 e. The number of aromatic nitrogens is 2. The lowest BCUT2D eigenvalue weighted by Crippen LogP contribution is -2.39. The number of sulfonamides is 1. The van der Waals surface area contributed by atoms with Gasteiger partial charge < -0.3 is 10.3 Å². The zero-order chi connectivity index (χ0) is 13.2. The fourth-order valence-electron chi connectivity index (χ4n) is 1.46. The van der Waals surface area contributed by atoms with E-state index in [0.717, 1.165) is 0 Å². The van der Waals surface area contributed by atoms with Crippen molar-refractivity contribution in [1.82, 2.24) is 13.9 Å². The fraction of sp³-hybridized carbons (Fsp3) is 0.700. The van der Waals surface area contributed by atoms with Gasteiger partial charge >= 0.3 is 0 Å². The first-order chi connectivity index (χ1) is 7.84. The summed E-state index contributed by atoms with van der Waals surface area (Å²) in [5.41, 5.74) is 5.48. The van der Waals surface area contributed by atoms with Crippen LogP contribution in [0.5, 0.6) is 0 Å². The fourth-order valence-corrected chi connectivity index (χ4v) is 2.82. The van der Waals surface area contributed by atoms with Gasteiger partial charge in [0.1, 0.15) is 5.82 Å². The van der Waals surface area contributed by atoms with Crippen LogP contribution in [-0.4, -0.2) is 41.9 Å². The third-order valence-electron chi connectivity index (χ3n) is 2.90. The molecule has 0 aromatic carbocycles. The Kier molecular flexibility index (Phi) is 4.29. The predicted molar refractivity (Wildman–Crippen MR) is 66.1 cm³/mol. The summed E-state index contributed by atoms with van der Waals surface area (Å²) in [7, 11) is -2.02. The number of imidazole rings is 1. The van der Waals surface area contributed by atoms with Gasteiger partial charge in [-0.05, 0) is 20.8 Å². The highest BCUT2D eigenvalue weighted by Gasteiger charge is 2.27. The van der Waals surface area contributed by atoms with E-state index in [0.29, 0.717) is 12.4 Å². The van der Waals surface area contributed by atoms with Crippen LogP contribution in [0.2, 0.25) is 0 Å². The molecule has 0 aliphatic heterocycles. The maximum atomic E-state index is 12.2. The third-order valence-corrected chi connectivity index (χ3v) is 4.74. The van der Waals surface area contributed by atoms with Crippen molar-refractivity contribution in [2.45, 2.75) is 38.4 Å². The first kappa shape index (κ1) is 14.1. The van der Waals surface area contributed by atoms with Crippen molar-refractivity contribution >= 4 is 10.0 Å². The Hall–Kier alpha value is -0.920. The molecule has 1 aromatic rings. The summed E-state index contributed by atoms with van der Waals surface area (Å²) < 4.78 is 27.5. The number of likely N-dealkylation sites (N-methyl/N-ethyl adjacent to an activating group) is 1. The molecule has 6 nitrogen and oxygen atoms in total. The van der Waals surface area contributed by atoms with E-state index in [1.165, 1.54) is 11.4 Å². The van der Waals surface area contributed by atoms with E-state index >= 15 is 0 Å². The molecule has 0 aliphatic carbocycles. The van der Waals surface area contributed by atoms with Crippen molar-refractivity contribution in [2.75, 3.05) is 13.6 Å². The van der Waals surface area contributed by atoms with Crippen LogP contribution in [0.25, 0.3) is 0 Å². The zero-order valence-corrected chi connectivity index (χ0v) is 11.5. The molecule has 0 spiro atoms. The molecule has 0 aliphatic rings. The van der Waals surface area contributed by atoms with Crippen molar-refractivity contribution < 1.29 is 8.42 Å². The smallest absolute Gasteiger partial charge is 0.262 e. The van der Waals surface area contributed by atoms with Crippen LogP contribution in [0.1, 0.15) is 19.7 Å². The minimum absolute atomic E-state index is 0.0830. The van der Waals surface area contributed by atoms with Crippen LogP contribution in [0.4, 0.5) is 0 Å². The van der Waals surface area contributed by atoms with E-state index in [1.54, 1.807) is 24.6 Å². The van der Waals surface area contributed by atoms with Crippen LogP contribution in [-0.2, 0) is 16.6 Å². The molecule has 1 aromatic heterocycles. The van der Waals surface area contributed by atoms with Crippen LogP contribution in [0, 0.1) is 6.92 Å². The normalized spacial score (nSPS) is 14.2. The van der Waals surface area contributed by atoms with E-state index in [4.69, 9.17) is 5.73 Å². The van der Waals surface area contributed by atoms with Gasteiger partial charge in [0.05, 0.1) is 0 Å². The van der Waals surface area contributed by atoms with Gasteiger partial charge in [0, 0.05) is 32.4 Å². The maximum Gasteiger partial charge on any atom is 0.262 e. The Bertz CT molecular complexity index is 480. The molecule has 17 heavy (non-hydrogen) atoms. The van der Waals surface area contributed by atoms with Crippen molar-refractivity contribution in [3.63, 3.8) is 0 Å². The highest BCUT2D eigenvalue weighted by Crippen LogP contribution is 2.15. The molecule has 1 unspecified atom stereocenters. The number of aryl methyl sites for hydroxylation is 2. The molecule has 0 saturated heterocycles. The Labute approximate surface area is 102 Å². The zero-order valence-electron chi connectivity index (χ0n) is 10.7. The Morgan fingerprint density at radius 2 is 2.18 bits per heavy atom. The molecule has 0 fully saturated rings. The van der Waals surface area contributed by atoms with Gasteiger partial charge in [-0.25, -0.2) is 13.4 Å². The summed E-state index contributed by atoms with van der Waals surface area (Å²) in [6.45, 7) is 6.47. The minimum atomic E-state index is -3.54. The average Bonchev–Trinajstić information content (AvgIpc) is 2.69. The molecule has 7 heteroatoms. The SMILES string of the molecule is CCn1cc(S(=O)(=O)N(C)C(C)CN)nc1C. The molecule has 1 rings (SSSR count). The highest BCUT2D eigenvalue weighted by atomic mass is 32.2. The van der Waals surface area contributed by atoms with Crippen molar-refractivity contribution in [3.8, 4) is 0 Å². The molecule has 0 amide bonds. The molecule has 0 bridgehead atoms. The van der Waals surface area contributed by atoms with Gasteiger partial charge in [0.2, 0.25) is 0 Å². The molecule has 98 valence electrons. The highest BCUT2D eigenvalue weighted by molar-refractivity contribution is 7.89. The number of hydrogen-bond acceptors (Lipinski definition) is 4. The number of nitrogens with zero attached hydrogens (tertiary/aromatic N) is 3.